The van der Waals surface area contributed by atoms with Crippen molar-refractivity contribution in [2.24, 2.45) is 5.73 Å². The summed E-state index contributed by atoms with van der Waals surface area (Å²) in [5, 5.41) is 0. The second kappa shape index (κ2) is 10.6. The van der Waals surface area contributed by atoms with Crippen LogP contribution in [0.4, 0.5) is 0 Å². The monoisotopic (exact) mass is 174 g/mol. The van der Waals surface area contributed by atoms with Gasteiger partial charge in [-0.15, -0.1) is 0 Å². The van der Waals surface area contributed by atoms with Crippen molar-refractivity contribution < 1.29 is 4.79 Å². The Morgan fingerprint density at radius 3 is 1.67 bits per heavy atom. The van der Waals surface area contributed by atoms with E-state index in [2.05, 4.69) is 24.5 Å². The molecule has 0 unspecified atom stereocenters. The highest BCUT2D eigenvalue weighted by atomic mass is 16.1. The third-order valence-corrected chi connectivity index (χ3v) is 1.87. The number of nitrogens with zero attached hydrogens (tertiary/aromatic N) is 1. The lowest BCUT2D eigenvalue weighted by Crippen LogP contribution is -2.26. The molecule has 0 aromatic rings. The minimum Gasteiger partial charge on any atom is -0.333 e. The molecule has 3 heteroatoms. The van der Waals surface area contributed by atoms with Crippen LogP contribution in [0.1, 0.15) is 26.7 Å². The zero-order valence-corrected chi connectivity index (χ0v) is 8.55. The third kappa shape index (κ3) is 6.31. The molecule has 1 saturated heterocycles. The first kappa shape index (κ1) is 14.1. The minimum absolute atomic E-state index is 0.775. The van der Waals surface area contributed by atoms with Gasteiger partial charge in [-0.25, -0.2) is 0 Å². The van der Waals surface area contributed by atoms with Crippen LogP contribution in [0.15, 0.2) is 0 Å². The van der Waals surface area contributed by atoms with E-state index >= 15 is 0 Å². The van der Waals surface area contributed by atoms with Crippen molar-refractivity contribution in [3.05, 3.63) is 0 Å². The van der Waals surface area contributed by atoms with Crippen LogP contribution < -0.4 is 5.73 Å². The van der Waals surface area contributed by atoms with Crippen LogP contribution in [0, 0.1) is 0 Å². The van der Waals surface area contributed by atoms with E-state index in [4.69, 9.17) is 4.79 Å². The standard InChI is InChI=1S/C7H15N.CH5N.CH2O/c1-7(2)8-5-3-4-6-8;2*1-2/h7H,3-6H2,1-2H3;2H2,1H3;1H2. The van der Waals surface area contributed by atoms with Crippen molar-refractivity contribution in [2.75, 3.05) is 20.1 Å². The molecule has 0 aromatic heterocycles. The Balaban J connectivity index is 0. The molecule has 1 rings (SSSR count). The summed E-state index contributed by atoms with van der Waals surface area (Å²) in [6, 6.07) is 0.775. The SMILES string of the molecule is C=O.CC(C)N1CCCC1.CN. The van der Waals surface area contributed by atoms with Gasteiger partial charge in [-0.3, -0.25) is 0 Å². The molecule has 74 valence electrons. The maximum atomic E-state index is 8.00. The van der Waals surface area contributed by atoms with Gasteiger partial charge in [0, 0.05) is 6.04 Å². The Labute approximate surface area is 75.9 Å². The second-order valence-electron chi connectivity index (χ2n) is 2.84. The zero-order valence-electron chi connectivity index (χ0n) is 8.55. The highest BCUT2D eigenvalue weighted by molar-refractivity contribution is 5.10. The molecule has 0 radical (unpaired) electrons. The highest BCUT2D eigenvalue weighted by Crippen LogP contribution is 2.09. The van der Waals surface area contributed by atoms with Gasteiger partial charge in [0.25, 0.3) is 0 Å². The van der Waals surface area contributed by atoms with E-state index in [1.54, 1.807) is 0 Å². The van der Waals surface area contributed by atoms with Crippen LogP contribution in [0.2, 0.25) is 0 Å². The normalized spacial score (nSPS) is 16.1. The van der Waals surface area contributed by atoms with E-state index in [0.717, 1.165) is 6.04 Å². The lowest BCUT2D eigenvalue weighted by atomic mass is 10.3. The maximum absolute atomic E-state index is 8.00. The molecule has 2 N–H and O–H groups in total. The van der Waals surface area contributed by atoms with Gasteiger partial charge in [0.1, 0.15) is 6.79 Å². The number of rotatable bonds is 1. The number of hydrogen-bond donors (Lipinski definition) is 1. The molecule has 1 aliphatic rings. The predicted molar refractivity (Wildman–Crippen MR) is 53.2 cm³/mol. The largest absolute Gasteiger partial charge is 0.333 e. The molecule has 0 atom stereocenters. The van der Waals surface area contributed by atoms with Crippen molar-refractivity contribution in [1.82, 2.24) is 4.90 Å². The molecule has 12 heavy (non-hydrogen) atoms. The number of hydrogen-bond acceptors (Lipinski definition) is 3. The fourth-order valence-electron chi connectivity index (χ4n) is 1.26. The smallest absolute Gasteiger partial charge is 0.106 e. The Kier molecular flexibility index (Phi) is 12.5. The van der Waals surface area contributed by atoms with Crippen molar-refractivity contribution in [2.45, 2.75) is 32.7 Å². The van der Waals surface area contributed by atoms with Crippen LogP contribution in [0.5, 0.6) is 0 Å². The molecule has 0 aromatic carbocycles. The summed E-state index contributed by atoms with van der Waals surface area (Å²) in [4.78, 5) is 10.5. The molecular formula is C9H22N2O. The summed E-state index contributed by atoms with van der Waals surface area (Å²) in [5.41, 5.74) is 4.50. The molecule has 1 fully saturated rings. The Hall–Kier alpha value is -0.410. The van der Waals surface area contributed by atoms with Gasteiger partial charge >= 0.3 is 0 Å². The quantitative estimate of drug-likeness (QED) is 0.642. The van der Waals surface area contributed by atoms with Gasteiger partial charge in [-0.1, -0.05) is 0 Å². The van der Waals surface area contributed by atoms with Crippen LogP contribution in [-0.4, -0.2) is 37.9 Å². The molecule has 0 spiro atoms. The van der Waals surface area contributed by atoms with E-state index in [-0.39, 0.29) is 0 Å². The number of carbonyl (C=O) groups is 1. The van der Waals surface area contributed by atoms with E-state index < -0.39 is 0 Å². The van der Waals surface area contributed by atoms with Gasteiger partial charge in [0.2, 0.25) is 0 Å². The lowest BCUT2D eigenvalue weighted by molar-refractivity contribution is -0.0979. The van der Waals surface area contributed by atoms with Gasteiger partial charge in [0.05, 0.1) is 0 Å². The van der Waals surface area contributed by atoms with Gasteiger partial charge in [0.15, 0.2) is 0 Å². The number of likely N-dealkylation sites (tertiary alicyclic amines) is 1. The van der Waals surface area contributed by atoms with Gasteiger partial charge in [-0.2, -0.15) is 0 Å². The number of nitrogens with two attached hydrogens (primary N) is 1. The Morgan fingerprint density at radius 1 is 1.17 bits per heavy atom. The molecule has 0 aliphatic carbocycles. The predicted octanol–water partition coefficient (Wildman–Crippen LogP) is 0.881. The summed E-state index contributed by atoms with van der Waals surface area (Å²) in [6.07, 6.45) is 2.83. The fraction of sp³-hybridized carbons (Fsp3) is 0.889. The maximum Gasteiger partial charge on any atom is 0.106 e. The van der Waals surface area contributed by atoms with Gasteiger partial charge < -0.3 is 15.4 Å². The molecule has 1 aliphatic heterocycles. The molecule has 0 amide bonds. The highest BCUT2D eigenvalue weighted by Gasteiger charge is 2.13. The first-order chi connectivity index (χ1) is 5.80. The van der Waals surface area contributed by atoms with Crippen molar-refractivity contribution in [3.63, 3.8) is 0 Å². The lowest BCUT2D eigenvalue weighted by Gasteiger charge is -2.18. The Morgan fingerprint density at radius 2 is 1.50 bits per heavy atom. The van der Waals surface area contributed by atoms with Crippen LogP contribution >= 0.6 is 0 Å². The molecule has 0 bridgehead atoms. The summed E-state index contributed by atoms with van der Waals surface area (Å²) < 4.78 is 0. The number of carbonyl (C=O) groups excluding carboxylic acids is 1. The first-order valence-corrected chi connectivity index (χ1v) is 4.41. The average Bonchev–Trinajstić information content (AvgIpc) is 2.64. The van der Waals surface area contributed by atoms with Crippen molar-refractivity contribution in [3.8, 4) is 0 Å². The molecule has 1 heterocycles. The topological polar surface area (TPSA) is 46.3 Å². The summed E-state index contributed by atoms with van der Waals surface area (Å²) in [6.45, 7) is 9.20. The van der Waals surface area contributed by atoms with Crippen molar-refractivity contribution >= 4 is 6.79 Å². The van der Waals surface area contributed by atoms with E-state index in [1.165, 1.54) is 33.0 Å². The summed E-state index contributed by atoms with van der Waals surface area (Å²) in [5.74, 6) is 0. The van der Waals surface area contributed by atoms with E-state index in [1.807, 2.05) is 6.79 Å². The van der Waals surface area contributed by atoms with Gasteiger partial charge in [-0.05, 0) is 46.8 Å². The molecule has 3 nitrogen and oxygen atoms in total. The zero-order chi connectivity index (χ0) is 9.98. The Bertz CT molecular complexity index is 80.6. The average molecular weight is 174 g/mol. The molecule has 0 saturated carbocycles. The second-order valence-corrected chi connectivity index (χ2v) is 2.84. The summed E-state index contributed by atoms with van der Waals surface area (Å²) in [7, 11) is 1.50. The summed E-state index contributed by atoms with van der Waals surface area (Å²) >= 11 is 0. The van der Waals surface area contributed by atoms with E-state index in [9.17, 15) is 0 Å². The third-order valence-electron chi connectivity index (χ3n) is 1.87. The molecular weight excluding hydrogens is 152 g/mol. The minimum atomic E-state index is 0.775. The van der Waals surface area contributed by atoms with Crippen LogP contribution in [0.25, 0.3) is 0 Å². The fourth-order valence-corrected chi connectivity index (χ4v) is 1.26. The van der Waals surface area contributed by atoms with Crippen molar-refractivity contribution in [1.29, 1.82) is 0 Å². The van der Waals surface area contributed by atoms with Crippen LogP contribution in [-0.2, 0) is 4.79 Å². The first-order valence-electron chi connectivity index (χ1n) is 4.41. The van der Waals surface area contributed by atoms with E-state index in [0.29, 0.717) is 0 Å². The van der Waals surface area contributed by atoms with Crippen LogP contribution in [0.3, 0.4) is 0 Å².